The molecule has 5 nitrogen and oxygen atoms in total. The van der Waals surface area contributed by atoms with Gasteiger partial charge in [-0.1, -0.05) is 35.9 Å². The number of hydrogen-bond acceptors (Lipinski definition) is 5. The number of rotatable bonds is 6. The molecule has 7 heteroatoms. The second-order valence-electron chi connectivity index (χ2n) is 5.93. The largest absolute Gasteiger partial charge is 0.379 e. The average Bonchev–Trinajstić information content (AvgIpc) is 3.11. The molecule has 1 aliphatic rings. The van der Waals surface area contributed by atoms with E-state index in [2.05, 4.69) is 9.62 Å². The quantitative estimate of drug-likeness (QED) is 0.853. The van der Waals surface area contributed by atoms with Crippen LogP contribution in [-0.4, -0.2) is 46.2 Å². The summed E-state index contributed by atoms with van der Waals surface area (Å²) in [6, 6.07) is 11.1. The van der Waals surface area contributed by atoms with Crippen LogP contribution in [0, 0.1) is 6.92 Å². The third-order valence-electron chi connectivity index (χ3n) is 4.08. The molecule has 1 atom stereocenters. The summed E-state index contributed by atoms with van der Waals surface area (Å²) < 4.78 is 33.9. The molecule has 0 spiro atoms. The van der Waals surface area contributed by atoms with Gasteiger partial charge in [0, 0.05) is 19.6 Å². The summed E-state index contributed by atoms with van der Waals surface area (Å²) in [6.45, 7) is 5.69. The summed E-state index contributed by atoms with van der Waals surface area (Å²) in [5.74, 6) is 0. The first-order valence-corrected chi connectivity index (χ1v) is 10.3. The second-order valence-corrected chi connectivity index (χ2v) is 8.82. The van der Waals surface area contributed by atoms with Crippen molar-refractivity contribution in [3.8, 4) is 0 Å². The summed E-state index contributed by atoms with van der Waals surface area (Å²) in [6.07, 6.45) is 0. The van der Waals surface area contributed by atoms with Gasteiger partial charge in [-0.05, 0) is 23.9 Å². The fourth-order valence-electron chi connectivity index (χ4n) is 2.71. The number of hydrogen-bond donors (Lipinski definition) is 1. The Kier molecular flexibility index (Phi) is 5.68. The van der Waals surface area contributed by atoms with E-state index in [4.69, 9.17) is 4.74 Å². The zero-order valence-corrected chi connectivity index (χ0v) is 15.3. The number of thiophene rings is 1. The number of benzene rings is 1. The van der Waals surface area contributed by atoms with Gasteiger partial charge in [-0.2, -0.15) is 0 Å². The maximum Gasteiger partial charge on any atom is 0.250 e. The van der Waals surface area contributed by atoms with Crippen LogP contribution in [0.2, 0.25) is 0 Å². The third kappa shape index (κ3) is 4.43. The van der Waals surface area contributed by atoms with Crippen LogP contribution in [0.1, 0.15) is 17.2 Å². The molecule has 0 unspecified atom stereocenters. The normalized spacial score (nSPS) is 17.7. The van der Waals surface area contributed by atoms with E-state index in [0.29, 0.717) is 24.0 Å². The lowest BCUT2D eigenvalue weighted by molar-refractivity contribution is 0.0345. The Hall–Kier alpha value is -1.25. The molecule has 1 fully saturated rings. The standard InChI is InChI=1S/C17H22N2O3S2/c1-14-4-6-15(7-5-14)16(13-19-8-10-22-11-9-19)18-24(20,21)17-3-2-12-23-17/h2-7,12,16,18H,8-11,13H2,1H3/t16-/m0/s1. The van der Waals surface area contributed by atoms with E-state index >= 15 is 0 Å². The molecule has 1 N–H and O–H groups in total. The van der Waals surface area contributed by atoms with Gasteiger partial charge in [0.15, 0.2) is 0 Å². The Morgan fingerprint density at radius 1 is 1.21 bits per heavy atom. The molecule has 3 rings (SSSR count). The zero-order valence-electron chi connectivity index (χ0n) is 13.6. The molecule has 2 aromatic rings. The molecular weight excluding hydrogens is 344 g/mol. The number of sulfonamides is 1. The van der Waals surface area contributed by atoms with Crippen LogP contribution in [0.5, 0.6) is 0 Å². The van der Waals surface area contributed by atoms with E-state index in [9.17, 15) is 8.42 Å². The Morgan fingerprint density at radius 3 is 2.54 bits per heavy atom. The molecule has 0 saturated carbocycles. The van der Waals surface area contributed by atoms with Gasteiger partial charge in [0.25, 0.3) is 10.0 Å². The van der Waals surface area contributed by atoms with Crippen LogP contribution in [0.4, 0.5) is 0 Å². The summed E-state index contributed by atoms with van der Waals surface area (Å²) in [4.78, 5) is 2.24. The minimum atomic E-state index is -3.51. The topological polar surface area (TPSA) is 58.6 Å². The van der Waals surface area contributed by atoms with Crippen LogP contribution >= 0.6 is 11.3 Å². The molecule has 0 amide bonds. The predicted octanol–water partition coefficient (Wildman–Crippen LogP) is 2.41. The monoisotopic (exact) mass is 366 g/mol. The molecule has 1 saturated heterocycles. The van der Waals surface area contributed by atoms with Gasteiger partial charge >= 0.3 is 0 Å². The van der Waals surface area contributed by atoms with Gasteiger partial charge in [-0.15, -0.1) is 11.3 Å². The predicted molar refractivity (Wildman–Crippen MR) is 95.8 cm³/mol. The van der Waals surface area contributed by atoms with Crippen molar-refractivity contribution >= 4 is 21.4 Å². The minimum Gasteiger partial charge on any atom is -0.379 e. The zero-order chi connectivity index (χ0) is 17.0. The fourth-order valence-corrected chi connectivity index (χ4v) is 4.94. The van der Waals surface area contributed by atoms with Crippen molar-refractivity contribution in [1.82, 2.24) is 9.62 Å². The number of nitrogens with one attached hydrogen (secondary N) is 1. The van der Waals surface area contributed by atoms with E-state index < -0.39 is 10.0 Å². The number of morpholine rings is 1. The Balaban J connectivity index is 1.82. The Labute approximate surface area is 147 Å². The van der Waals surface area contributed by atoms with Crippen LogP contribution < -0.4 is 4.72 Å². The molecule has 2 heterocycles. The van der Waals surface area contributed by atoms with Crippen molar-refractivity contribution in [2.75, 3.05) is 32.8 Å². The van der Waals surface area contributed by atoms with Crippen molar-refractivity contribution in [2.24, 2.45) is 0 Å². The molecule has 0 aliphatic carbocycles. The number of nitrogens with zero attached hydrogens (tertiary/aromatic N) is 1. The highest BCUT2D eigenvalue weighted by atomic mass is 32.2. The molecule has 1 aliphatic heterocycles. The van der Waals surface area contributed by atoms with Crippen molar-refractivity contribution in [2.45, 2.75) is 17.2 Å². The van der Waals surface area contributed by atoms with Gasteiger partial charge < -0.3 is 4.74 Å². The minimum absolute atomic E-state index is 0.282. The first-order valence-electron chi connectivity index (χ1n) is 7.97. The number of ether oxygens (including phenoxy) is 1. The highest BCUT2D eigenvalue weighted by Crippen LogP contribution is 2.22. The van der Waals surface area contributed by atoms with Gasteiger partial charge in [0.2, 0.25) is 0 Å². The first-order chi connectivity index (χ1) is 11.5. The third-order valence-corrected chi connectivity index (χ3v) is 6.95. The maximum atomic E-state index is 12.6. The van der Waals surface area contributed by atoms with Crippen molar-refractivity contribution in [3.05, 3.63) is 52.9 Å². The molecule has 1 aromatic heterocycles. The van der Waals surface area contributed by atoms with Crippen molar-refractivity contribution in [3.63, 3.8) is 0 Å². The summed E-state index contributed by atoms with van der Waals surface area (Å²) >= 11 is 1.23. The van der Waals surface area contributed by atoms with E-state index in [1.54, 1.807) is 17.5 Å². The first kappa shape index (κ1) is 17.6. The summed E-state index contributed by atoms with van der Waals surface area (Å²) in [7, 11) is -3.51. The van der Waals surface area contributed by atoms with E-state index in [1.165, 1.54) is 11.3 Å². The molecule has 24 heavy (non-hydrogen) atoms. The van der Waals surface area contributed by atoms with Crippen molar-refractivity contribution in [1.29, 1.82) is 0 Å². The average molecular weight is 367 g/mol. The summed E-state index contributed by atoms with van der Waals surface area (Å²) in [5.41, 5.74) is 2.14. The maximum absolute atomic E-state index is 12.6. The lowest BCUT2D eigenvalue weighted by atomic mass is 10.1. The highest BCUT2D eigenvalue weighted by molar-refractivity contribution is 7.91. The Morgan fingerprint density at radius 2 is 1.92 bits per heavy atom. The molecule has 130 valence electrons. The van der Waals surface area contributed by atoms with Crippen LogP contribution in [0.25, 0.3) is 0 Å². The second kappa shape index (κ2) is 7.76. The molecule has 1 aromatic carbocycles. The van der Waals surface area contributed by atoms with E-state index in [1.807, 2.05) is 31.2 Å². The number of aryl methyl sites for hydroxylation is 1. The van der Waals surface area contributed by atoms with Crippen LogP contribution in [0.3, 0.4) is 0 Å². The van der Waals surface area contributed by atoms with Gasteiger partial charge in [0.05, 0.1) is 19.3 Å². The van der Waals surface area contributed by atoms with Crippen LogP contribution in [0.15, 0.2) is 46.0 Å². The van der Waals surface area contributed by atoms with Crippen molar-refractivity contribution < 1.29 is 13.2 Å². The lowest BCUT2D eigenvalue weighted by Gasteiger charge is -2.31. The van der Waals surface area contributed by atoms with E-state index in [-0.39, 0.29) is 6.04 Å². The SMILES string of the molecule is Cc1ccc([C@H](CN2CCOCC2)NS(=O)(=O)c2cccs2)cc1. The smallest absolute Gasteiger partial charge is 0.250 e. The lowest BCUT2D eigenvalue weighted by Crippen LogP contribution is -2.43. The molecule has 0 radical (unpaired) electrons. The van der Waals surface area contributed by atoms with E-state index in [0.717, 1.165) is 24.2 Å². The van der Waals surface area contributed by atoms with Gasteiger partial charge in [-0.3, -0.25) is 4.90 Å². The van der Waals surface area contributed by atoms with Gasteiger partial charge in [0.1, 0.15) is 4.21 Å². The highest BCUT2D eigenvalue weighted by Gasteiger charge is 2.25. The summed E-state index contributed by atoms with van der Waals surface area (Å²) in [5, 5.41) is 1.78. The Bertz CT molecular complexity index is 737. The molecule has 0 bridgehead atoms. The molecular formula is C17H22N2O3S2. The fraction of sp³-hybridized carbons (Fsp3) is 0.412. The van der Waals surface area contributed by atoms with Crippen LogP contribution in [-0.2, 0) is 14.8 Å². The van der Waals surface area contributed by atoms with Gasteiger partial charge in [-0.25, -0.2) is 13.1 Å².